The number of nitrogens with one attached hydrogen (secondary N) is 2. The van der Waals surface area contributed by atoms with Crippen LogP contribution in [0.25, 0.3) is 0 Å². The first-order valence-corrected chi connectivity index (χ1v) is 7.68. The Labute approximate surface area is 128 Å². The minimum absolute atomic E-state index is 0.671. The molecule has 0 aliphatic heterocycles. The molecule has 1 aromatic heterocycles. The highest BCUT2D eigenvalue weighted by Gasteiger charge is 2.05. The summed E-state index contributed by atoms with van der Waals surface area (Å²) in [7, 11) is 5.79. The lowest BCUT2D eigenvalue weighted by Gasteiger charge is -2.17. The Morgan fingerprint density at radius 1 is 1.24 bits per heavy atom. The predicted octanol–water partition coefficient (Wildman–Crippen LogP) is 2.25. The summed E-state index contributed by atoms with van der Waals surface area (Å²) in [5, 5.41) is 6.69. The van der Waals surface area contributed by atoms with Gasteiger partial charge in [0.2, 0.25) is 0 Å². The molecule has 0 fully saturated rings. The van der Waals surface area contributed by atoms with E-state index in [9.17, 15) is 0 Å². The highest BCUT2D eigenvalue weighted by molar-refractivity contribution is 5.79. The van der Waals surface area contributed by atoms with E-state index in [0.29, 0.717) is 12.5 Å². The maximum atomic E-state index is 4.59. The van der Waals surface area contributed by atoms with Crippen molar-refractivity contribution in [2.45, 2.75) is 33.2 Å². The van der Waals surface area contributed by atoms with Crippen LogP contribution in [0.3, 0.4) is 0 Å². The Morgan fingerprint density at radius 2 is 1.95 bits per heavy atom. The van der Waals surface area contributed by atoms with E-state index >= 15 is 0 Å². The number of pyridine rings is 1. The number of nitrogens with zero attached hydrogens (tertiary/aromatic N) is 3. The Kier molecular flexibility index (Phi) is 7.58. The van der Waals surface area contributed by atoms with Crippen molar-refractivity contribution in [2.24, 2.45) is 10.9 Å². The maximum Gasteiger partial charge on any atom is 0.191 e. The van der Waals surface area contributed by atoms with Gasteiger partial charge >= 0.3 is 0 Å². The number of aromatic nitrogens is 1. The van der Waals surface area contributed by atoms with Gasteiger partial charge in [0.1, 0.15) is 5.82 Å². The second kappa shape index (κ2) is 9.21. The normalized spacial score (nSPS) is 11.6. The van der Waals surface area contributed by atoms with Gasteiger partial charge in [-0.25, -0.2) is 4.98 Å². The van der Waals surface area contributed by atoms with Crippen LogP contribution in [-0.2, 0) is 6.54 Å². The maximum absolute atomic E-state index is 4.59. The van der Waals surface area contributed by atoms with Gasteiger partial charge in [0, 0.05) is 27.7 Å². The zero-order chi connectivity index (χ0) is 15.7. The third-order valence-electron chi connectivity index (χ3n) is 3.62. The topological polar surface area (TPSA) is 52.6 Å². The molecule has 0 atom stereocenters. The number of aliphatic imine (C=N–C) groups is 1. The first kappa shape index (κ1) is 17.3. The Balaban J connectivity index is 2.50. The minimum atomic E-state index is 0.671. The molecule has 0 aliphatic rings. The molecule has 118 valence electrons. The highest BCUT2D eigenvalue weighted by Crippen LogP contribution is 2.07. The van der Waals surface area contributed by atoms with Crippen LogP contribution in [-0.4, -0.2) is 38.6 Å². The first-order chi connectivity index (χ1) is 10.1. The lowest BCUT2D eigenvalue weighted by atomic mass is 10.0. The van der Waals surface area contributed by atoms with Crippen LogP contribution in [0, 0.1) is 5.92 Å². The minimum Gasteiger partial charge on any atom is -0.363 e. The summed E-state index contributed by atoms with van der Waals surface area (Å²) in [5.41, 5.74) is 1.01. The molecule has 0 aromatic carbocycles. The van der Waals surface area contributed by atoms with Crippen molar-refractivity contribution in [1.82, 2.24) is 15.6 Å². The fourth-order valence-corrected chi connectivity index (χ4v) is 2.03. The van der Waals surface area contributed by atoms with Gasteiger partial charge in [0.05, 0.1) is 12.2 Å². The molecular formula is C16H29N5. The van der Waals surface area contributed by atoms with Gasteiger partial charge in [-0.3, -0.25) is 4.99 Å². The van der Waals surface area contributed by atoms with Crippen molar-refractivity contribution in [1.29, 1.82) is 0 Å². The van der Waals surface area contributed by atoms with Crippen molar-refractivity contribution >= 4 is 11.8 Å². The molecule has 21 heavy (non-hydrogen) atoms. The lowest BCUT2D eigenvalue weighted by Crippen LogP contribution is -2.39. The molecule has 2 N–H and O–H groups in total. The van der Waals surface area contributed by atoms with Crippen molar-refractivity contribution in [3.8, 4) is 0 Å². The highest BCUT2D eigenvalue weighted by atomic mass is 15.2. The number of anilines is 1. The molecule has 5 heteroatoms. The fourth-order valence-electron chi connectivity index (χ4n) is 2.03. The van der Waals surface area contributed by atoms with Crippen molar-refractivity contribution in [2.75, 3.05) is 32.6 Å². The zero-order valence-corrected chi connectivity index (χ0v) is 14.0. The largest absolute Gasteiger partial charge is 0.363 e. The number of rotatable bonds is 7. The summed E-state index contributed by atoms with van der Waals surface area (Å²) in [6.45, 7) is 6.08. The van der Waals surface area contributed by atoms with E-state index in [-0.39, 0.29) is 0 Å². The Hall–Kier alpha value is -1.78. The third-order valence-corrected chi connectivity index (χ3v) is 3.62. The van der Waals surface area contributed by atoms with E-state index in [1.54, 1.807) is 7.05 Å². The van der Waals surface area contributed by atoms with E-state index in [0.717, 1.165) is 24.0 Å². The van der Waals surface area contributed by atoms with Gasteiger partial charge in [-0.2, -0.15) is 0 Å². The molecule has 5 nitrogen and oxygen atoms in total. The monoisotopic (exact) mass is 291 g/mol. The summed E-state index contributed by atoms with van der Waals surface area (Å²) < 4.78 is 0. The van der Waals surface area contributed by atoms with E-state index in [1.807, 2.05) is 37.2 Å². The quantitative estimate of drug-likeness (QED) is 0.597. The van der Waals surface area contributed by atoms with Crippen LogP contribution in [0.2, 0.25) is 0 Å². The lowest BCUT2D eigenvalue weighted by molar-refractivity contribution is 0.481. The summed E-state index contributed by atoms with van der Waals surface area (Å²) in [5.74, 6) is 2.49. The van der Waals surface area contributed by atoms with Gasteiger partial charge in [0.25, 0.3) is 0 Å². The molecule has 0 radical (unpaired) electrons. The van der Waals surface area contributed by atoms with Crippen LogP contribution in [0.5, 0.6) is 0 Å². The molecule has 1 heterocycles. The van der Waals surface area contributed by atoms with Crippen LogP contribution in [0.1, 0.15) is 32.4 Å². The molecule has 0 unspecified atom stereocenters. The van der Waals surface area contributed by atoms with E-state index in [4.69, 9.17) is 0 Å². The first-order valence-electron chi connectivity index (χ1n) is 7.68. The fraction of sp³-hybridized carbons (Fsp3) is 0.625. The Morgan fingerprint density at radius 3 is 2.52 bits per heavy atom. The summed E-state index contributed by atoms with van der Waals surface area (Å²) in [6, 6.07) is 6.05. The van der Waals surface area contributed by atoms with E-state index < -0.39 is 0 Å². The smallest absolute Gasteiger partial charge is 0.191 e. The molecule has 0 saturated carbocycles. The van der Waals surface area contributed by atoms with E-state index in [1.165, 1.54) is 12.8 Å². The van der Waals surface area contributed by atoms with Gasteiger partial charge < -0.3 is 15.5 Å². The van der Waals surface area contributed by atoms with Crippen LogP contribution in [0.4, 0.5) is 5.82 Å². The molecular weight excluding hydrogens is 262 g/mol. The molecule has 0 bridgehead atoms. The van der Waals surface area contributed by atoms with Crippen LogP contribution >= 0.6 is 0 Å². The van der Waals surface area contributed by atoms with Gasteiger partial charge in [-0.15, -0.1) is 0 Å². The van der Waals surface area contributed by atoms with Crippen molar-refractivity contribution < 1.29 is 0 Å². The predicted molar refractivity (Wildman–Crippen MR) is 90.8 cm³/mol. The second-order valence-electron chi connectivity index (χ2n) is 5.37. The molecule has 0 aliphatic carbocycles. The van der Waals surface area contributed by atoms with Crippen LogP contribution in [0.15, 0.2) is 23.2 Å². The van der Waals surface area contributed by atoms with E-state index in [2.05, 4.69) is 34.5 Å². The molecule has 0 amide bonds. The third kappa shape index (κ3) is 6.02. The average molecular weight is 291 g/mol. The van der Waals surface area contributed by atoms with Crippen molar-refractivity contribution in [3.05, 3.63) is 23.9 Å². The average Bonchev–Trinajstić information content (AvgIpc) is 2.51. The van der Waals surface area contributed by atoms with Crippen molar-refractivity contribution in [3.63, 3.8) is 0 Å². The van der Waals surface area contributed by atoms with Gasteiger partial charge in [-0.1, -0.05) is 32.8 Å². The van der Waals surface area contributed by atoms with Crippen LogP contribution < -0.4 is 15.5 Å². The zero-order valence-electron chi connectivity index (χ0n) is 14.0. The summed E-state index contributed by atoms with van der Waals surface area (Å²) in [6.07, 6.45) is 2.37. The standard InChI is InChI=1S/C16H29N5/c1-6-13(7-2)11-18-16(17-3)19-12-14-9-8-10-15(20-14)21(4)5/h8-10,13H,6-7,11-12H2,1-5H3,(H2,17,18,19). The molecule has 1 aromatic rings. The molecule has 0 saturated heterocycles. The summed E-state index contributed by atoms with van der Waals surface area (Å²) in [4.78, 5) is 10.8. The SMILES string of the molecule is CCC(CC)CNC(=NC)NCc1cccc(N(C)C)n1. The number of hydrogen-bond donors (Lipinski definition) is 2. The van der Waals surface area contributed by atoms with Gasteiger partial charge in [-0.05, 0) is 18.1 Å². The molecule has 1 rings (SSSR count). The second-order valence-corrected chi connectivity index (χ2v) is 5.37. The van der Waals surface area contributed by atoms with Gasteiger partial charge in [0.15, 0.2) is 5.96 Å². The summed E-state index contributed by atoms with van der Waals surface area (Å²) >= 11 is 0. The Bertz CT molecular complexity index is 438. The number of guanidine groups is 1. The molecule has 0 spiro atoms. The number of hydrogen-bond acceptors (Lipinski definition) is 3.